The van der Waals surface area contributed by atoms with Gasteiger partial charge in [-0.2, -0.15) is 16.9 Å². The predicted octanol–water partition coefficient (Wildman–Crippen LogP) is 3.40. The van der Waals surface area contributed by atoms with Gasteiger partial charge in [0, 0.05) is 36.7 Å². The summed E-state index contributed by atoms with van der Waals surface area (Å²) in [6.07, 6.45) is 8.57. The fourth-order valence-electron chi connectivity index (χ4n) is 3.48. The van der Waals surface area contributed by atoms with Crippen molar-refractivity contribution in [2.45, 2.75) is 44.3 Å². The average molecular weight is 372 g/mol. The van der Waals surface area contributed by atoms with Gasteiger partial charge in [-0.15, -0.1) is 0 Å². The SMILES string of the molecule is Cc1[nH]cnc1CSCCNc1nc(C2CCCC2)nc2c1cnn2C. The molecule has 0 amide bonds. The number of nitrogens with one attached hydrogen (secondary N) is 2. The molecule has 1 saturated carbocycles. The summed E-state index contributed by atoms with van der Waals surface area (Å²) in [5, 5.41) is 8.88. The minimum absolute atomic E-state index is 0.492. The Hall–Kier alpha value is -2.09. The van der Waals surface area contributed by atoms with E-state index in [0.29, 0.717) is 5.92 Å². The zero-order chi connectivity index (χ0) is 17.9. The Labute approximate surface area is 157 Å². The Bertz CT molecular complexity index is 879. The fraction of sp³-hybridized carbons (Fsp3) is 0.556. The first-order valence-electron chi connectivity index (χ1n) is 9.22. The van der Waals surface area contributed by atoms with Crippen LogP contribution in [0.3, 0.4) is 0 Å². The fourth-order valence-corrected chi connectivity index (χ4v) is 4.36. The Morgan fingerprint density at radius 2 is 2.15 bits per heavy atom. The maximum absolute atomic E-state index is 4.86. The molecule has 138 valence electrons. The van der Waals surface area contributed by atoms with E-state index in [4.69, 9.17) is 9.97 Å². The van der Waals surface area contributed by atoms with Crippen LogP contribution in [-0.4, -0.2) is 42.0 Å². The molecule has 2 N–H and O–H groups in total. The number of anilines is 1. The van der Waals surface area contributed by atoms with Gasteiger partial charge >= 0.3 is 0 Å². The summed E-state index contributed by atoms with van der Waals surface area (Å²) >= 11 is 1.88. The number of aryl methyl sites for hydroxylation is 2. The lowest BCUT2D eigenvalue weighted by Gasteiger charge is -2.12. The lowest BCUT2D eigenvalue weighted by Crippen LogP contribution is -2.10. The van der Waals surface area contributed by atoms with Gasteiger partial charge in [0.1, 0.15) is 11.6 Å². The quantitative estimate of drug-likeness (QED) is 0.619. The van der Waals surface area contributed by atoms with Gasteiger partial charge < -0.3 is 10.3 Å². The van der Waals surface area contributed by atoms with Crippen LogP contribution in [0.25, 0.3) is 11.0 Å². The molecule has 0 aliphatic heterocycles. The molecule has 3 aromatic heterocycles. The highest BCUT2D eigenvalue weighted by atomic mass is 32.2. The van der Waals surface area contributed by atoms with E-state index in [9.17, 15) is 0 Å². The van der Waals surface area contributed by atoms with E-state index in [1.807, 2.05) is 29.7 Å². The molecule has 1 aliphatic carbocycles. The first-order valence-corrected chi connectivity index (χ1v) is 10.4. The van der Waals surface area contributed by atoms with Gasteiger partial charge in [0.15, 0.2) is 5.65 Å². The molecular formula is C18H25N7S. The molecule has 7 nitrogen and oxygen atoms in total. The third-order valence-corrected chi connectivity index (χ3v) is 6.01. The second kappa shape index (κ2) is 7.65. The van der Waals surface area contributed by atoms with Crippen LogP contribution in [0, 0.1) is 6.92 Å². The monoisotopic (exact) mass is 371 g/mol. The van der Waals surface area contributed by atoms with Crippen LogP contribution in [0.4, 0.5) is 5.82 Å². The summed E-state index contributed by atoms with van der Waals surface area (Å²) in [4.78, 5) is 17.1. The van der Waals surface area contributed by atoms with Crippen LogP contribution in [0.5, 0.6) is 0 Å². The maximum atomic E-state index is 4.86. The molecule has 3 heterocycles. The molecule has 1 fully saturated rings. The van der Waals surface area contributed by atoms with Crippen molar-refractivity contribution < 1.29 is 0 Å². The lowest BCUT2D eigenvalue weighted by atomic mass is 10.1. The largest absolute Gasteiger partial charge is 0.369 e. The summed E-state index contributed by atoms with van der Waals surface area (Å²) in [6, 6.07) is 0. The summed E-state index contributed by atoms with van der Waals surface area (Å²) in [5.74, 6) is 4.31. The van der Waals surface area contributed by atoms with Crippen LogP contribution < -0.4 is 5.32 Å². The van der Waals surface area contributed by atoms with Crippen molar-refractivity contribution >= 4 is 28.6 Å². The number of H-pyrrole nitrogens is 1. The second-order valence-electron chi connectivity index (χ2n) is 6.87. The number of imidazole rings is 1. The van der Waals surface area contributed by atoms with Crippen molar-refractivity contribution in [3.05, 3.63) is 29.7 Å². The van der Waals surface area contributed by atoms with Crippen molar-refractivity contribution in [1.82, 2.24) is 29.7 Å². The Kier molecular flexibility index (Phi) is 5.10. The Balaban J connectivity index is 1.42. The smallest absolute Gasteiger partial charge is 0.163 e. The normalized spacial score (nSPS) is 15.2. The molecule has 8 heteroatoms. The van der Waals surface area contributed by atoms with Gasteiger partial charge in [0.2, 0.25) is 0 Å². The molecule has 3 aromatic rings. The number of nitrogens with zero attached hydrogens (tertiary/aromatic N) is 5. The highest BCUT2D eigenvalue weighted by Gasteiger charge is 2.22. The van der Waals surface area contributed by atoms with Gasteiger partial charge in [0.25, 0.3) is 0 Å². The van der Waals surface area contributed by atoms with E-state index in [2.05, 4.69) is 27.3 Å². The minimum atomic E-state index is 0.492. The molecule has 0 atom stereocenters. The molecule has 0 bridgehead atoms. The number of hydrogen-bond donors (Lipinski definition) is 2. The third kappa shape index (κ3) is 3.56. The number of aromatic nitrogens is 6. The van der Waals surface area contributed by atoms with Crippen LogP contribution in [0.15, 0.2) is 12.5 Å². The predicted molar refractivity (Wildman–Crippen MR) is 105 cm³/mol. The zero-order valence-electron chi connectivity index (χ0n) is 15.3. The number of fused-ring (bicyclic) bond motifs is 1. The van der Waals surface area contributed by atoms with E-state index >= 15 is 0 Å². The molecular weight excluding hydrogens is 346 g/mol. The standard InChI is InChI=1S/C18H25N7S/c1-12-15(21-11-20-12)10-26-8-7-19-17-14-9-22-25(2)18(14)24-16(23-17)13-5-3-4-6-13/h9,11,13H,3-8,10H2,1-2H3,(H,20,21)(H,19,23,24). The Morgan fingerprint density at radius 3 is 2.92 bits per heavy atom. The van der Waals surface area contributed by atoms with Crippen molar-refractivity contribution in [3.8, 4) is 0 Å². The highest BCUT2D eigenvalue weighted by Crippen LogP contribution is 2.34. The number of rotatable bonds is 7. The third-order valence-electron chi connectivity index (χ3n) is 5.04. The summed E-state index contributed by atoms with van der Waals surface area (Å²) in [5.41, 5.74) is 3.21. The van der Waals surface area contributed by atoms with Gasteiger partial charge in [-0.3, -0.25) is 4.68 Å². The molecule has 0 unspecified atom stereocenters. The lowest BCUT2D eigenvalue weighted by molar-refractivity contribution is 0.667. The molecule has 0 radical (unpaired) electrons. The van der Waals surface area contributed by atoms with Crippen molar-refractivity contribution in [1.29, 1.82) is 0 Å². The number of hydrogen-bond acceptors (Lipinski definition) is 6. The first kappa shape index (κ1) is 17.3. The van der Waals surface area contributed by atoms with E-state index in [1.54, 1.807) is 6.33 Å². The first-order chi connectivity index (χ1) is 12.7. The molecule has 4 rings (SSSR count). The van der Waals surface area contributed by atoms with Crippen molar-refractivity contribution in [2.75, 3.05) is 17.6 Å². The van der Waals surface area contributed by atoms with Crippen LogP contribution in [0.1, 0.15) is 48.8 Å². The van der Waals surface area contributed by atoms with E-state index in [-0.39, 0.29) is 0 Å². The molecule has 26 heavy (non-hydrogen) atoms. The Morgan fingerprint density at radius 1 is 1.31 bits per heavy atom. The second-order valence-corrected chi connectivity index (χ2v) is 7.98. The zero-order valence-corrected chi connectivity index (χ0v) is 16.1. The molecule has 1 aliphatic rings. The average Bonchev–Trinajstić information content (AvgIpc) is 3.37. The van der Waals surface area contributed by atoms with Crippen molar-refractivity contribution in [2.24, 2.45) is 7.05 Å². The van der Waals surface area contributed by atoms with E-state index in [1.165, 1.54) is 25.7 Å². The van der Waals surface area contributed by atoms with Gasteiger partial charge in [-0.05, 0) is 19.8 Å². The molecule has 0 spiro atoms. The number of thioether (sulfide) groups is 1. The van der Waals surface area contributed by atoms with Gasteiger partial charge in [-0.1, -0.05) is 12.8 Å². The topological polar surface area (TPSA) is 84.3 Å². The highest BCUT2D eigenvalue weighted by molar-refractivity contribution is 7.98. The van der Waals surface area contributed by atoms with Crippen LogP contribution >= 0.6 is 11.8 Å². The number of aromatic amines is 1. The van der Waals surface area contributed by atoms with Crippen LogP contribution in [-0.2, 0) is 12.8 Å². The summed E-state index contributed by atoms with van der Waals surface area (Å²) < 4.78 is 1.84. The van der Waals surface area contributed by atoms with Gasteiger partial charge in [0.05, 0.1) is 23.6 Å². The maximum Gasteiger partial charge on any atom is 0.163 e. The van der Waals surface area contributed by atoms with Crippen LogP contribution in [0.2, 0.25) is 0 Å². The van der Waals surface area contributed by atoms with Gasteiger partial charge in [-0.25, -0.2) is 15.0 Å². The minimum Gasteiger partial charge on any atom is -0.369 e. The van der Waals surface area contributed by atoms with E-state index in [0.717, 1.165) is 52.1 Å². The summed E-state index contributed by atoms with van der Waals surface area (Å²) in [7, 11) is 1.94. The molecule has 0 aromatic carbocycles. The summed E-state index contributed by atoms with van der Waals surface area (Å²) in [6.45, 7) is 2.92. The molecule has 0 saturated heterocycles. The van der Waals surface area contributed by atoms with E-state index < -0.39 is 0 Å². The van der Waals surface area contributed by atoms with Crippen molar-refractivity contribution in [3.63, 3.8) is 0 Å².